The fourth-order valence-electron chi connectivity index (χ4n) is 2.70. The van der Waals surface area contributed by atoms with Crippen LogP contribution >= 0.6 is 0 Å². The molecule has 0 saturated carbocycles. The van der Waals surface area contributed by atoms with Gasteiger partial charge in [0.1, 0.15) is 0 Å². The maximum absolute atomic E-state index is 11.4. The van der Waals surface area contributed by atoms with E-state index < -0.39 is 10.0 Å². The molecular formula is C21H22N4O3S. The number of oxazole rings is 1. The van der Waals surface area contributed by atoms with Crippen molar-refractivity contribution in [1.82, 2.24) is 9.97 Å². The molecule has 0 aliphatic rings. The van der Waals surface area contributed by atoms with Crippen molar-refractivity contribution >= 4 is 38.2 Å². The first-order valence-electron chi connectivity index (χ1n) is 9.11. The van der Waals surface area contributed by atoms with Crippen molar-refractivity contribution < 1.29 is 12.8 Å². The van der Waals surface area contributed by atoms with Crippen molar-refractivity contribution in [3.8, 4) is 11.3 Å². The van der Waals surface area contributed by atoms with Gasteiger partial charge in [0.05, 0.1) is 18.1 Å². The van der Waals surface area contributed by atoms with Crippen LogP contribution in [0.2, 0.25) is 0 Å². The molecule has 0 atom stereocenters. The van der Waals surface area contributed by atoms with Crippen LogP contribution < -0.4 is 10.0 Å². The molecule has 0 aliphatic carbocycles. The van der Waals surface area contributed by atoms with Gasteiger partial charge in [-0.3, -0.25) is 9.71 Å². The van der Waals surface area contributed by atoms with Crippen molar-refractivity contribution in [2.24, 2.45) is 0 Å². The lowest BCUT2D eigenvalue weighted by Crippen LogP contribution is -2.09. The summed E-state index contributed by atoms with van der Waals surface area (Å²) in [5.41, 5.74) is 2.01. The molecule has 0 bridgehead atoms. The molecule has 29 heavy (non-hydrogen) atoms. The van der Waals surface area contributed by atoms with E-state index in [1.54, 1.807) is 36.7 Å². The van der Waals surface area contributed by atoms with Gasteiger partial charge in [0.2, 0.25) is 10.0 Å². The van der Waals surface area contributed by atoms with Crippen LogP contribution in [0.1, 0.15) is 13.8 Å². The minimum Gasteiger partial charge on any atom is -0.423 e. The Labute approximate surface area is 169 Å². The Kier molecular flexibility index (Phi) is 6.13. The Morgan fingerprint density at radius 2 is 1.72 bits per heavy atom. The Morgan fingerprint density at radius 1 is 0.931 bits per heavy atom. The molecule has 2 heterocycles. The third-order valence-corrected chi connectivity index (χ3v) is 4.45. The first kappa shape index (κ1) is 20.3. The van der Waals surface area contributed by atoms with Gasteiger partial charge in [-0.25, -0.2) is 13.4 Å². The molecule has 0 radical (unpaired) electrons. The number of rotatable bonds is 5. The van der Waals surface area contributed by atoms with Gasteiger partial charge in [-0.05, 0) is 35.7 Å². The molecule has 2 aromatic carbocycles. The van der Waals surface area contributed by atoms with E-state index in [0.29, 0.717) is 23.1 Å². The number of pyridine rings is 1. The fourth-order valence-corrected chi connectivity index (χ4v) is 3.26. The summed E-state index contributed by atoms with van der Waals surface area (Å²) in [6, 6.07) is 15.0. The van der Waals surface area contributed by atoms with Crippen LogP contribution in [0.5, 0.6) is 0 Å². The third-order valence-electron chi connectivity index (χ3n) is 3.85. The van der Waals surface area contributed by atoms with Gasteiger partial charge in [0.25, 0.3) is 6.01 Å². The predicted molar refractivity (Wildman–Crippen MR) is 117 cm³/mol. The van der Waals surface area contributed by atoms with Gasteiger partial charge in [0.15, 0.2) is 5.76 Å². The number of hydrogen-bond acceptors (Lipinski definition) is 6. The number of nitrogens with zero attached hydrogens (tertiary/aromatic N) is 2. The van der Waals surface area contributed by atoms with E-state index >= 15 is 0 Å². The van der Waals surface area contributed by atoms with Gasteiger partial charge in [0, 0.05) is 29.0 Å². The summed E-state index contributed by atoms with van der Waals surface area (Å²) in [4.78, 5) is 8.35. The Hall–Kier alpha value is -3.39. The average molecular weight is 410 g/mol. The van der Waals surface area contributed by atoms with E-state index in [4.69, 9.17) is 4.42 Å². The number of hydrogen-bond donors (Lipinski definition) is 2. The summed E-state index contributed by atoms with van der Waals surface area (Å²) in [7, 11) is -3.34. The summed E-state index contributed by atoms with van der Waals surface area (Å²) in [6.45, 7) is 4.00. The number of nitrogens with one attached hydrogen (secondary N) is 2. The van der Waals surface area contributed by atoms with Crippen LogP contribution in [0, 0.1) is 0 Å². The first-order valence-corrected chi connectivity index (χ1v) is 11.0. The summed E-state index contributed by atoms with van der Waals surface area (Å²) >= 11 is 0. The second-order valence-electron chi connectivity index (χ2n) is 6.05. The van der Waals surface area contributed by atoms with Crippen molar-refractivity contribution in [1.29, 1.82) is 0 Å². The van der Waals surface area contributed by atoms with Crippen LogP contribution in [0.15, 0.2) is 71.5 Å². The Balaban J connectivity index is 0.00000117. The van der Waals surface area contributed by atoms with Crippen LogP contribution in [0.4, 0.5) is 17.4 Å². The number of aromatic nitrogens is 2. The van der Waals surface area contributed by atoms with Crippen molar-refractivity contribution in [3.63, 3.8) is 0 Å². The van der Waals surface area contributed by atoms with Crippen LogP contribution in [0.25, 0.3) is 22.1 Å². The zero-order valence-electron chi connectivity index (χ0n) is 16.4. The summed E-state index contributed by atoms with van der Waals surface area (Å²) in [6.07, 6.45) is 6.30. The van der Waals surface area contributed by atoms with Gasteiger partial charge in [-0.2, -0.15) is 0 Å². The highest BCUT2D eigenvalue weighted by Crippen LogP contribution is 2.27. The van der Waals surface area contributed by atoms with Crippen LogP contribution in [-0.2, 0) is 10.0 Å². The van der Waals surface area contributed by atoms with Crippen LogP contribution in [0.3, 0.4) is 0 Å². The minimum atomic E-state index is -3.34. The minimum absolute atomic E-state index is 0.316. The topological polar surface area (TPSA) is 97.1 Å². The number of sulfonamides is 1. The van der Waals surface area contributed by atoms with Crippen LogP contribution in [-0.4, -0.2) is 24.6 Å². The maximum atomic E-state index is 11.4. The fraction of sp³-hybridized carbons (Fsp3) is 0.143. The summed E-state index contributed by atoms with van der Waals surface area (Å²) < 4.78 is 30.9. The quantitative estimate of drug-likeness (QED) is 0.479. The van der Waals surface area contributed by atoms with E-state index in [1.807, 2.05) is 44.3 Å². The van der Waals surface area contributed by atoms with Gasteiger partial charge in [-0.15, -0.1) is 0 Å². The van der Waals surface area contributed by atoms with E-state index in [1.165, 1.54) is 0 Å². The highest BCUT2D eigenvalue weighted by molar-refractivity contribution is 7.92. The molecule has 150 valence electrons. The first-order chi connectivity index (χ1) is 14.0. The lowest BCUT2D eigenvalue weighted by Gasteiger charge is -2.06. The molecule has 0 amide bonds. The summed E-state index contributed by atoms with van der Waals surface area (Å²) in [5, 5.41) is 5.15. The van der Waals surface area contributed by atoms with E-state index in [2.05, 4.69) is 20.0 Å². The second kappa shape index (κ2) is 8.74. The molecule has 4 aromatic rings. The van der Waals surface area contributed by atoms with Gasteiger partial charge < -0.3 is 9.73 Å². The largest absolute Gasteiger partial charge is 0.423 e. The molecule has 0 unspecified atom stereocenters. The predicted octanol–water partition coefficient (Wildman–Crippen LogP) is 5.03. The normalized spacial score (nSPS) is 10.9. The third kappa shape index (κ3) is 5.32. The number of anilines is 3. The molecule has 0 saturated heterocycles. The smallest absolute Gasteiger partial charge is 0.299 e. The Morgan fingerprint density at radius 3 is 2.52 bits per heavy atom. The van der Waals surface area contributed by atoms with Crippen molar-refractivity contribution in [2.75, 3.05) is 16.3 Å². The lowest BCUT2D eigenvalue weighted by atomic mass is 10.1. The molecule has 2 aromatic heterocycles. The molecule has 0 aliphatic heterocycles. The van der Waals surface area contributed by atoms with Gasteiger partial charge in [-0.1, -0.05) is 32.0 Å². The van der Waals surface area contributed by atoms with Crippen molar-refractivity contribution in [2.45, 2.75) is 13.8 Å². The second-order valence-corrected chi connectivity index (χ2v) is 7.80. The molecule has 4 rings (SSSR count). The maximum Gasteiger partial charge on any atom is 0.299 e. The lowest BCUT2D eigenvalue weighted by molar-refractivity contribution is 0.592. The highest BCUT2D eigenvalue weighted by atomic mass is 32.2. The molecule has 0 fully saturated rings. The van der Waals surface area contributed by atoms with Gasteiger partial charge >= 0.3 is 0 Å². The Bertz CT molecular complexity index is 1220. The zero-order valence-corrected chi connectivity index (χ0v) is 17.2. The van der Waals surface area contributed by atoms with E-state index in [9.17, 15) is 8.42 Å². The van der Waals surface area contributed by atoms with E-state index in [0.717, 1.165) is 22.6 Å². The monoisotopic (exact) mass is 410 g/mol. The average Bonchev–Trinajstić information content (AvgIpc) is 3.16. The highest BCUT2D eigenvalue weighted by Gasteiger charge is 2.09. The molecule has 7 nitrogen and oxygen atoms in total. The molecule has 0 spiro atoms. The zero-order chi connectivity index (χ0) is 20.9. The SMILES string of the molecule is CC.CS(=O)(=O)Nc1cccc(Nc2ncc(-c3ccc4cnccc4c3)o2)c1. The standard InChI is InChI=1S/C19H16N4O3S.C2H6/c1-27(24,25)23-17-4-2-3-16(10-17)22-19-21-12-18(26-19)14-5-6-15-11-20-8-7-13(15)9-14;1-2/h2-12,23H,1H3,(H,21,22);1-2H3. The van der Waals surface area contributed by atoms with E-state index in [-0.39, 0.29) is 0 Å². The molecule has 8 heteroatoms. The molecule has 2 N–H and O–H groups in total. The summed E-state index contributed by atoms with van der Waals surface area (Å²) in [5.74, 6) is 0.627. The number of fused-ring (bicyclic) bond motifs is 1. The number of benzene rings is 2. The molecular weight excluding hydrogens is 388 g/mol. The van der Waals surface area contributed by atoms with Crippen molar-refractivity contribution in [3.05, 3.63) is 67.1 Å².